The molecule has 0 N–H and O–H groups in total. The number of methoxy groups -OCH3 is 1. The lowest BCUT2D eigenvalue weighted by Crippen LogP contribution is -2.71. The zero-order valence-electron chi connectivity index (χ0n) is 54.2. The summed E-state index contributed by atoms with van der Waals surface area (Å²) < 4.78 is 10.4. The quantitative estimate of drug-likeness (QED) is 0.204. The van der Waals surface area contributed by atoms with Gasteiger partial charge in [0.1, 0.15) is 0 Å². The Morgan fingerprint density at radius 3 is 1.30 bits per heavy atom. The molecule has 450 valence electrons. The van der Waals surface area contributed by atoms with Gasteiger partial charge < -0.3 is 29.1 Å². The fourth-order valence-electron chi connectivity index (χ4n) is 13.2. The molecule has 8 aliphatic heterocycles. The second-order valence-electron chi connectivity index (χ2n) is 27.5. The second kappa shape index (κ2) is 32.9. The van der Waals surface area contributed by atoms with Crippen LogP contribution in [0.25, 0.3) is 0 Å². The van der Waals surface area contributed by atoms with Crippen molar-refractivity contribution in [3.8, 4) is 0 Å². The van der Waals surface area contributed by atoms with Crippen molar-refractivity contribution in [3.05, 3.63) is 0 Å². The molecule has 2 atom stereocenters. The van der Waals surface area contributed by atoms with Crippen LogP contribution in [0.4, 0.5) is 0 Å². The van der Waals surface area contributed by atoms with Crippen molar-refractivity contribution in [2.24, 2.45) is 5.41 Å². The third-order valence-electron chi connectivity index (χ3n) is 20.1. The lowest BCUT2D eigenvalue weighted by Gasteiger charge is -2.55. The minimum absolute atomic E-state index is 0.350. The lowest BCUT2D eigenvalue weighted by molar-refractivity contribution is -0.164. The topological polar surface area (TPSA) is 57.3 Å². The molecule has 9 fully saturated rings. The number of rotatable bonds is 12. The highest BCUT2D eigenvalue weighted by Gasteiger charge is 2.47. The number of likely N-dealkylation sites (tertiary alicyclic amines) is 4. The first-order chi connectivity index (χ1) is 35.9. The van der Waals surface area contributed by atoms with Gasteiger partial charge in [0.15, 0.2) is 0 Å². The molecule has 3 spiro atoms. The Morgan fingerprint density at radius 1 is 0.461 bits per heavy atom. The molecule has 0 unspecified atom stereocenters. The third-order valence-corrected chi connectivity index (χ3v) is 20.1. The Labute approximate surface area is 472 Å². The van der Waals surface area contributed by atoms with E-state index in [0.29, 0.717) is 23.2 Å². The van der Waals surface area contributed by atoms with Crippen LogP contribution in [-0.2, 0) is 9.47 Å². The van der Waals surface area contributed by atoms with Gasteiger partial charge in [-0.3, -0.25) is 39.2 Å². The molecular formula is C62H130N12O2. The predicted octanol–water partition coefficient (Wildman–Crippen LogP) is 6.90. The summed E-state index contributed by atoms with van der Waals surface area (Å²) in [4.78, 5) is 30.3. The fraction of sp³-hybridized carbons (Fsp3) is 1.00. The standard InChI is InChI=1S/C11H24N2O.2C11H22N2.C10H20N2O.C10H22N2.C9H20N2/c1-10(2)13-6-5-11(9-13)12(3)7-8-14-4;1-10(2)13-6-4-11(5-7-13)8-12(3)9-11;1-10(2)13-8-7-12(3)11(9-13)5-4-6-11;1-9(2)12-5-4-11(3)10(6-12)7-13-8-10;1-5-11(4)10-6-7-12(8-10)9(2)3;1-9(2)11-6-4-5-10(3)7-8-11/h10-11H,5-9H2,1-4H3;2*10H,4-9H2,1-3H3;9H,4-8H2,1-3H3;9-10H,5-8H2,1-4H3;9H,4-8H2,1-3H3/t11-;;;;10-;/m1...1./s1. The Kier molecular flexibility index (Phi) is 29.4. The van der Waals surface area contributed by atoms with E-state index in [-0.39, 0.29) is 0 Å². The van der Waals surface area contributed by atoms with E-state index in [9.17, 15) is 0 Å². The molecule has 9 rings (SSSR count). The summed E-state index contributed by atoms with van der Waals surface area (Å²) in [6.07, 6.45) is 11.1. The van der Waals surface area contributed by atoms with Gasteiger partial charge in [0, 0.05) is 159 Å². The third kappa shape index (κ3) is 20.7. The van der Waals surface area contributed by atoms with Crippen LogP contribution in [0.3, 0.4) is 0 Å². The van der Waals surface area contributed by atoms with Crippen LogP contribution in [0, 0.1) is 5.41 Å². The van der Waals surface area contributed by atoms with Crippen molar-refractivity contribution in [2.45, 2.75) is 201 Å². The average molecular weight is 1080 g/mol. The van der Waals surface area contributed by atoms with Gasteiger partial charge in [0.2, 0.25) is 0 Å². The van der Waals surface area contributed by atoms with E-state index >= 15 is 0 Å². The smallest absolute Gasteiger partial charge is 0.0805 e. The SMILES string of the molecule is CC(C)N1CCC2(CC1)CN(C)C2.CC(C)N1CCCN(C)CC1.CC(C)N1CCN(C)C2(CCC2)C1.CC(C)N1CCN(C)C2(COC2)C1.CCN(C)[C@@H]1CCN(C(C)C)C1.COCCN(C)[C@@H]1CCN(C(C)C)C1. The van der Waals surface area contributed by atoms with Gasteiger partial charge in [-0.05, 0) is 215 Å². The maximum atomic E-state index is 5.35. The van der Waals surface area contributed by atoms with Crippen LogP contribution in [0.2, 0.25) is 0 Å². The van der Waals surface area contributed by atoms with Crippen LogP contribution in [0.15, 0.2) is 0 Å². The minimum atomic E-state index is 0.350. The van der Waals surface area contributed by atoms with Crippen molar-refractivity contribution in [1.29, 1.82) is 0 Å². The Bertz CT molecular complexity index is 1490. The Balaban J connectivity index is 0.000000197. The summed E-state index contributed by atoms with van der Waals surface area (Å²) in [6.45, 7) is 57.4. The molecule has 0 aromatic heterocycles. The molecule has 0 radical (unpaired) electrons. The Morgan fingerprint density at radius 2 is 0.908 bits per heavy atom. The highest BCUT2D eigenvalue weighted by Crippen LogP contribution is 2.41. The number of likely N-dealkylation sites (N-methyl/N-ethyl adjacent to an activating group) is 5. The molecule has 8 heterocycles. The molecule has 0 aromatic rings. The highest BCUT2D eigenvalue weighted by atomic mass is 16.5. The number of hydrogen-bond acceptors (Lipinski definition) is 14. The van der Waals surface area contributed by atoms with E-state index in [1.807, 2.05) is 0 Å². The molecule has 0 bridgehead atoms. The van der Waals surface area contributed by atoms with E-state index in [2.05, 4.69) is 191 Å². The maximum absolute atomic E-state index is 5.35. The van der Waals surface area contributed by atoms with Crippen molar-refractivity contribution in [2.75, 3.05) is 200 Å². The Hall–Kier alpha value is -0.560. The molecule has 1 aliphatic carbocycles. The van der Waals surface area contributed by atoms with E-state index < -0.39 is 0 Å². The van der Waals surface area contributed by atoms with Gasteiger partial charge in [0.25, 0.3) is 0 Å². The van der Waals surface area contributed by atoms with Crippen LogP contribution in [0.1, 0.15) is 141 Å². The summed E-state index contributed by atoms with van der Waals surface area (Å²) in [6, 6.07) is 5.81. The monoisotopic (exact) mass is 1080 g/mol. The van der Waals surface area contributed by atoms with Crippen LogP contribution >= 0.6 is 0 Å². The summed E-state index contributed by atoms with van der Waals surface area (Å²) in [5, 5.41) is 0. The van der Waals surface area contributed by atoms with E-state index in [0.717, 1.165) is 68.0 Å². The van der Waals surface area contributed by atoms with Crippen molar-refractivity contribution >= 4 is 0 Å². The molecule has 14 heteroatoms. The summed E-state index contributed by atoms with van der Waals surface area (Å²) in [5.41, 5.74) is 1.64. The zero-order chi connectivity index (χ0) is 56.4. The molecule has 0 amide bonds. The molecule has 9 aliphatic rings. The maximum Gasteiger partial charge on any atom is 0.0805 e. The summed E-state index contributed by atoms with van der Waals surface area (Å²) >= 11 is 0. The van der Waals surface area contributed by atoms with Gasteiger partial charge in [-0.15, -0.1) is 0 Å². The largest absolute Gasteiger partial charge is 0.383 e. The lowest BCUT2D eigenvalue weighted by atomic mass is 9.72. The summed E-state index contributed by atoms with van der Waals surface area (Å²) in [5.74, 6) is 0. The molecule has 8 saturated heterocycles. The molecule has 14 nitrogen and oxygen atoms in total. The number of nitrogens with zero attached hydrogens (tertiary/aromatic N) is 12. The van der Waals surface area contributed by atoms with Gasteiger partial charge in [-0.2, -0.15) is 0 Å². The normalized spacial score (nSPS) is 27.2. The van der Waals surface area contributed by atoms with Crippen molar-refractivity contribution in [1.82, 2.24) is 58.8 Å². The van der Waals surface area contributed by atoms with E-state index in [4.69, 9.17) is 9.47 Å². The summed E-state index contributed by atoms with van der Waals surface area (Å²) in [7, 11) is 15.2. The minimum Gasteiger partial charge on any atom is -0.383 e. The van der Waals surface area contributed by atoms with Gasteiger partial charge >= 0.3 is 0 Å². The fourth-order valence-corrected chi connectivity index (χ4v) is 13.2. The van der Waals surface area contributed by atoms with Crippen molar-refractivity contribution in [3.63, 3.8) is 0 Å². The average Bonchev–Trinajstić information content (AvgIpc) is 4.02. The number of hydrogen-bond donors (Lipinski definition) is 0. The zero-order valence-corrected chi connectivity index (χ0v) is 54.2. The first kappa shape index (κ1) is 67.9. The molecule has 1 saturated carbocycles. The first-order valence-corrected chi connectivity index (χ1v) is 31.6. The molecule has 0 aromatic carbocycles. The van der Waals surface area contributed by atoms with Crippen LogP contribution < -0.4 is 0 Å². The molecule has 76 heavy (non-hydrogen) atoms. The van der Waals surface area contributed by atoms with Gasteiger partial charge in [-0.25, -0.2) is 0 Å². The second-order valence-corrected chi connectivity index (χ2v) is 27.5. The number of piperazine rings is 2. The van der Waals surface area contributed by atoms with Gasteiger partial charge in [-0.1, -0.05) is 6.92 Å². The van der Waals surface area contributed by atoms with Crippen molar-refractivity contribution < 1.29 is 9.47 Å². The van der Waals surface area contributed by atoms with Crippen LogP contribution in [-0.4, -0.2) is 318 Å². The highest BCUT2D eigenvalue weighted by molar-refractivity contribution is 5.03. The number of ether oxygens (including phenoxy) is 2. The predicted molar refractivity (Wildman–Crippen MR) is 327 cm³/mol. The van der Waals surface area contributed by atoms with Crippen LogP contribution in [0.5, 0.6) is 0 Å². The number of piperidine rings is 1. The van der Waals surface area contributed by atoms with E-state index in [1.54, 1.807) is 7.11 Å². The van der Waals surface area contributed by atoms with Gasteiger partial charge in [0.05, 0.1) is 25.4 Å². The van der Waals surface area contributed by atoms with E-state index in [1.165, 1.54) is 176 Å². The first-order valence-electron chi connectivity index (χ1n) is 31.6. The molecular weight excluding hydrogens is 945 g/mol.